The van der Waals surface area contributed by atoms with Crippen molar-refractivity contribution in [2.24, 2.45) is 0 Å². The smallest absolute Gasteiger partial charge is 0.141 e. The molecule has 3 heteroatoms. The molecule has 3 nitrogen and oxygen atoms in total. The van der Waals surface area contributed by atoms with Crippen LogP contribution in [0.2, 0.25) is 0 Å². The summed E-state index contributed by atoms with van der Waals surface area (Å²) in [6.45, 7) is 3.23. The second kappa shape index (κ2) is 6.65. The number of ether oxygens (including phenoxy) is 1. The molecule has 0 bridgehead atoms. The Morgan fingerprint density at radius 3 is 2.73 bits per heavy atom. The Kier molecular flexibility index (Phi) is 4.42. The van der Waals surface area contributed by atoms with Crippen molar-refractivity contribution in [2.75, 3.05) is 7.11 Å². The van der Waals surface area contributed by atoms with Crippen LogP contribution in [0.15, 0.2) is 48.5 Å². The highest BCUT2D eigenvalue weighted by Gasteiger charge is 2.12. The van der Waals surface area contributed by atoms with Gasteiger partial charge in [0.05, 0.1) is 18.1 Å². The average Bonchev–Trinajstić information content (AvgIpc) is 2.94. The molecule has 2 aromatic carbocycles. The van der Waals surface area contributed by atoms with Gasteiger partial charge in [-0.2, -0.15) is 0 Å². The quantitative estimate of drug-likeness (QED) is 0.604. The summed E-state index contributed by atoms with van der Waals surface area (Å²) in [4.78, 5) is 4.84. The number of rotatable bonds is 6. The van der Waals surface area contributed by atoms with Gasteiger partial charge in [-0.3, -0.25) is 0 Å². The molecule has 0 aliphatic rings. The largest absolute Gasteiger partial charge is 0.497 e. The van der Waals surface area contributed by atoms with Gasteiger partial charge in [-0.05, 0) is 30.7 Å². The highest BCUT2D eigenvalue weighted by Crippen LogP contribution is 2.27. The monoisotopic (exact) mass is 294 g/mol. The van der Waals surface area contributed by atoms with Crippen molar-refractivity contribution in [1.82, 2.24) is 9.55 Å². The summed E-state index contributed by atoms with van der Waals surface area (Å²) in [7, 11) is 1.70. The Bertz CT molecular complexity index is 761. The van der Waals surface area contributed by atoms with Gasteiger partial charge in [0.1, 0.15) is 11.6 Å². The van der Waals surface area contributed by atoms with Gasteiger partial charge in [0.25, 0.3) is 0 Å². The zero-order valence-electron chi connectivity index (χ0n) is 13.2. The number of unbranched alkanes of at least 4 members (excludes halogenated alkanes) is 2. The predicted octanol–water partition coefficient (Wildman–Crippen LogP) is 4.90. The molecule has 0 saturated carbocycles. The Morgan fingerprint density at radius 2 is 1.91 bits per heavy atom. The summed E-state index contributed by atoms with van der Waals surface area (Å²) in [6, 6.07) is 16.5. The Balaban J connectivity index is 2.08. The van der Waals surface area contributed by atoms with Crippen molar-refractivity contribution < 1.29 is 4.74 Å². The highest BCUT2D eigenvalue weighted by atomic mass is 16.5. The molecule has 22 heavy (non-hydrogen) atoms. The van der Waals surface area contributed by atoms with Crippen LogP contribution in [0.25, 0.3) is 22.4 Å². The van der Waals surface area contributed by atoms with Crippen molar-refractivity contribution in [2.45, 2.75) is 32.7 Å². The van der Waals surface area contributed by atoms with Crippen LogP contribution in [-0.4, -0.2) is 16.7 Å². The maximum Gasteiger partial charge on any atom is 0.141 e. The van der Waals surface area contributed by atoms with Crippen LogP contribution >= 0.6 is 0 Å². The van der Waals surface area contributed by atoms with E-state index < -0.39 is 0 Å². The van der Waals surface area contributed by atoms with Crippen molar-refractivity contribution in [3.8, 4) is 17.1 Å². The van der Waals surface area contributed by atoms with Gasteiger partial charge in [0, 0.05) is 12.1 Å². The lowest BCUT2D eigenvalue weighted by molar-refractivity contribution is 0.415. The molecule has 114 valence electrons. The molecule has 1 aromatic heterocycles. The van der Waals surface area contributed by atoms with E-state index in [-0.39, 0.29) is 0 Å². The van der Waals surface area contributed by atoms with Crippen LogP contribution < -0.4 is 4.74 Å². The molecular formula is C19H22N2O. The minimum absolute atomic E-state index is 0.865. The lowest BCUT2D eigenvalue weighted by Crippen LogP contribution is -2.01. The first kappa shape index (κ1) is 14.6. The second-order valence-electron chi connectivity index (χ2n) is 5.51. The molecule has 0 atom stereocenters. The Morgan fingerprint density at radius 1 is 1.05 bits per heavy atom. The first-order valence-corrected chi connectivity index (χ1v) is 7.93. The number of aryl methyl sites for hydroxylation is 1. The molecule has 0 radical (unpaired) electrons. The van der Waals surface area contributed by atoms with E-state index >= 15 is 0 Å². The van der Waals surface area contributed by atoms with E-state index in [0.717, 1.165) is 29.2 Å². The minimum Gasteiger partial charge on any atom is -0.497 e. The van der Waals surface area contributed by atoms with E-state index in [9.17, 15) is 0 Å². The fourth-order valence-corrected chi connectivity index (χ4v) is 2.80. The number of benzene rings is 2. The fraction of sp³-hybridized carbons (Fsp3) is 0.316. The van der Waals surface area contributed by atoms with Gasteiger partial charge in [0.2, 0.25) is 0 Å². The Labute approximate surface area is 131 Å². The van der Waals surface area contributed by atoms with Gasteiger partial charge < -0.3 is 9.30 Å². The van der Waals surface area contributed by atoms with E-state index in [4.69, 9.17) is 9.72 Å². The Hall–Kier alpha value is -2.29. The fourth-order valence-electron chi connectivity index (χ4n) is 2.80. The van der Waals surface area contributed by atoms with Gasteiger partial charge in [-0.1, -0.05) is 44.0 Å². The highest BCUT2D eigenvalue weighted by molar-refractivity contribution is 5.80. The third kappa shape index (κ3) is 2.84. The van der Waals surface area contributed by atoms with E-state index in [1.807, 2.05) is 18.2 Å². The summed E-state index contributed by atoms with van der Waals surface area (Å²) in [6.07, 6.45) is 3.64. The van der Waals surface area contributed by atoms with E-state index in [1.165, 1.54) is 24.8 Å². The predicted molar refractivity (Wildman–Crippen MR) is 91.2 cm³/mol. The van der Waals surface area contributed by atoms with Crippen LogP contribution in [0.4, 0.5) is 0 Å². The van der Waals surface area contributed by atoms with Crippen LogP contribution in [-0.2, 0) is 6.54 Å². The SMILES string of the molecule is CCCCCn1c(-c2cccc(OC)c2)nc2ccccc21. The number of fused-ring (bicyclic) bond motifs is 1. The molecular weight excluding hydrogens is 272 g/mol. The number of para-hydroxylation sites is 2. The van der Waals surface area contributed by atoms with Crippen molar-refractivity contribution in [3.63, 3.8) is 0 Å². The van der Waals surface area contributed by atoms with Gasteiger partial charge in [0.15, 0.2) is 0 Å². The van der Waals surface area contributed by atoms with Crippen molar-refractivity contribution >= 4 is 11.0 Å². The summed E-state index contributed by atoms with van der Waals surface area (Å²) < 4.78 is 7.68. The molecule has 0 aliphatic carbocycles. The number of nitrogens with zero attached hydrogens (tertiary/aromatic N) is 2. The molecule has 3 aromatic rings. The molecule has 0 spiro atoms. The molecule has 0 aliphatic heterocycles. The zero-order chi connectivity index (χ0) is 15.4. The number of aromatic nitrogens is 2. The average molecular weight is 294 g/mol. The van der Waals surface area contributed by atoms with Crippen molar-refractivity contribution in [3.05, 3.63) is 48.5 Å². The number of imidazole rings is 1. The molecule has 0 amide bonds. The third-order valence-corrected chi connectivity index (χ3v) is 3.97. The number of methoxy groups -OCH3 is 1. The molecule has 3 rings (SSSR count). The number of hydrogen-bond donors (Lipinski definition) is 0. The van der Waals surface area contributed by atoms with E-state index in [0.29, 0.717) is 0 Å². The zero-order valence-corrected chi connectivity index (χ0v) is 13.2. The van der Waals surface area contributed by atoms with Crippen LogP contribution in [0.3, 0.4) is 0 Å². The minimum atomic E-state index is 0.865. The number of hydrogen-bond acceptors (Lipinski definition) is 2. The second-order valence-corrected chi connectivity index (χ2v) is 5.51. The van der Waals surface area contributed by atoms with Crippen LogP contribution in [0.1, 0.15) is 26.2 Å². The molecule has 0 fully saturated rings. The summed E-state index contributed by atoms with van der Waals surface area (Å²) in [5.41, 5.74) is 3.36. The summed E-state index contributed by atoms with van der Waals surface area (Å²) >= 11 is 0. The molecule has 1 heterocycles. The molecule has 0 unspecified atom stereocenters. The van der Waals surface area contributed by atoms with Crippen LogP contribution in [0, 0.1) is 0 Å². The van der Waals surface area contributed by atoms with Crippen molar-refractivity contribution in [1.29, 1.82) is 0 Å². The summed E-state index contributed by atoms with van der Waals surface area (Å²) in [5, 5.41) is 0. The summed E-state index contributed by atoms with van der Waals surface area (Å²) in [5.74, 6) is 1.89. The lowest BCUT2D eigenvalue weighted by Gasteiger charge is -2.10. The van der Waals surface area contributed by atoms with Gasteiger partial charge in [-0.15, -0.1) is 0 Å². The van der Waals surface area contributed by atoms with E-state index in [1.54, 1.807) is 7.11 Å². The molecule has 0 N–H and O–H groups in total. The maximum absolute atomic E-state index is 5.35. The first-order chi connectivity index (χ1) is 10.8. The first-order valence-electron chi connectivity index (χ1n) is 7.93. The molecule has 0 saturated heterocycles. The van der Waals surface area contributed by atoms with Gasteiger partial charge in [-0.25, -0.2) is 4.98 Å². The maximum atomic E-state index is 5.35. The van der Waals surface area contributed by atoms with Gasteiger partial charge >= 0.3 is 0 Å². The standard InChI is InChI=1S/C19H22N2O/c1-3-4-7-13-21-18-12-6-5-11-17(18)20-19(21)15-9-8-10-16(14-15)22-2/h5-6,8-12,14H,3-4,7,13H2,1-2H3. The lowest BCUT2D eigenvalue weighted by atomic mass is 10.2. The topological polar surface area (TPSA) is 27.1 Å². The van der Waals surface area contributed by atoms with Crippen LogP contribution in [0.5, 0.6) is 5.75 Å². The normalized spacial score (nSPS) is 11.0. The third-order valence-electron chi connectivity index (χ3n) is 3.97. The van der Waals surface area contributed by atoms with E-state index in [2.05, 4.69) is 41.8 Å².